The van der Waals surface area contributed by atoms with Crippen molar-refractivity contribution in [2.45, 2.75) is 19.4 Å². The van der Waals surface area contributed by atoms with Crippen LogP contribution in [0.4, 0.5) is 10.3 Å². The third-order valence-corrected chi connectivity index (χ3v) is 3.55. The summed E-state index contributed by atoms with van der Waals surface area (Å²) in [7, 11) is 0. The SMILES string of the molecule is O=C(CCC(=O)Nc1nnc2ccccn12)NCc1ccc(F)cc1. The molecule has 0 unspecified atom stereocenters. The summed E-state index contributed by atoms with van der Waals surface area (Å²) >= 11 is 0. The first-order chi connectivity index (χ1) is 12.1. The third-order valence-electron chi connectivity index (χ3n) is 3.55. The Morgan fingerprint density at radius 3 is 2.56 bits per heavy atom. The lowest BCUT2D eigenvalue weighted by atomic mass is 10.2. The van der Waals surface area contributed by atoms with Crippen LogP contribution in [0.25, 0.3) is 5.65 Å². The molecule has 7 nitrogen and oxygen atoms in total. The zero-order valence-corrected chi connectivity index (χ0v) is 13.3. The molecular formula is C17H16FN5O2. The minimum absolute atomic E-state index is 0.0248. The largest absolute Gasteiger partial charge is 0.352 e. The zero-order chi connectivity index (χ0) is 17.6. The van der Waals surface area contributed by atoms with E-state index in [1.54, 1.807) is 34.9 Å². The van der Waals surface area contributed by atoms with Crippen molar-refractivity contribution >= 4 is 23.4 Å². The van der Waals surface area contributed by atoms with Crippen LogP contribution < -0.4 is 10.6 Å². The molecule has 25 heavy (non-hydrogen) atoms. The van der Waals surface area contributed by atoms with Crippen molar-refractivity contribution in [3.63, 3.8) is 0 Å². The number of anilines is 1. The topological polar surface area (TPSA) is 88.4 Å². The number of halogens is 1. The monoisotopic (exact) mass is 341 g/mol. The van der Waals surface area contributed by atoms with Crippen molar-refractivity contribution in [2.75, 3.05) is 5.32 Å². The Hall–Kier alpha value is -3.29. The number of nitrogens with one attached hydrogen (secondary N) is 2. The molecule has 3 rings (SSSR count). The Labute approximate surface area is 142 Å². The van der Waals surface area contributed by atoms with E-state index < -0.39 is 0 Å². The molecule has 0 atom stereocenters. The molecule has 128 valence electrons. The van der Waals surface area contributed by atoms with Gasteiger partial charge in [-0.15, -0.1) is 10.2 Å². The zero-order valence-electron chi connectivity index (χ0n) is 13.3. The second kappa shape index (κ2) is 7.52. The number of amides is 2. The lowest BCUT2D eigenvalue weighted by molar-refractivity contribution is -0.124. The quantitative estimate of drug-likeness (QED) is 0.717. The highest BCUT2D eigenvalue weighted by Crippen LogP contribution is 2.08. The average Bonchev–Trinajstić information content (AvgIpc) is 3.02. The first kappa shape index (κ1) is 16.6. The van der Waals surface area contributed by atoms with Crippen molar-refractivity contribution in [2.24, 2.45) is 0 Å². The third kappa shape index (κ3) is 4.37. The van der Waals surface area contributed by atoms with Gasteiger partial charge in [-0.05, 0) is 29.8 Å². The Balaban J connectivity index is 1.45. The van der Waals surface area contributed by atoms with Gasteiger partial charge in [-0.25, -0.2) is 4.39 Å². The summed E-state index contributed by atoms with van der Waals surface area (Å²) in [5, 5.41) is 13.1. The number of carbonyl (C=O) groups is 2. The number of pyridine rings is 1. The summed E-state index contributed by atoms with van der Waals surface area (Å²) in [6, 6.07) is 11.2. The van der Waals surface area contributed by atoms with E-state index in [9.17, 15) is 14.0 Å². The van der Waals surface area contributed by atoms with E-state index in [1.807, 2.05) is 6.07 Å². The fourth-order valence-electron chi connectivity index (χ4n) is 2.23. The summed E-state index contributed by atoms with van der Waals surface area (Å²) in [5.74, 6) is -0.597. The van der Waals surface area contributed by atoms with Crippen LogP contribution in [-0.2, 0) is 16.1 Å². The van der Waals surface area contributed by atoms with Crippen LogP contribution in [0.5, 0.6) is 0 Å². The van der Waals surface area contributed by atoms with Crippen molar-refractivity contribution in [3.8, 4) is 0 Å². The maximum atomic E-state index is 12.8. The Morgan fingerprint density at radius 1 is 1.00 bits per heavy atom. The minimum Gasteiger partial charge on any atom is -0.352 e. The molecule has 0 bridgehead atoms. The van der Waals surface area contributed by atoms with Crippen molar-refractivity contribution in [3.05, 3.63) is 60.0 Å². The molecule has 2 heterocycles. The highest BCUT2D eigenvalue weighted by Gasteiger charge is 2.11. The molecule has 2 aromatic heterocycles. The first-order valence-electron chi connectivity index (χ1n) is 7.72. The molecule has 0 saturated heterocycles. The van der Waals surface area contributed by atoms with Gasteiger partial charge in [0.2, 0.25) is 17.8 Å². The van der Waals surface area contributed by atoms with E-state index in [0.29, 0.717) is 11.6 Å². The summed E-state index contributed by atoms with van der Waals surface area (Å²) in [6.45, 7) is 0.287. The van der Waals surface area contributed by atoms with Gasteiger partial charge in [0.15, 0.2) is 5.65 Å². The lowest BCUT2D eigenvalue weighted by Crippen LogP contribution is -2.24. The van der Waals surface area contributed by atoms with Crippen LogP contribution in [0.15, 0.2) is 48.7 Å². The van der Waals surface area contributed by atoms with Gasteiger partial charge < -0.3 is 5.32 Å². The molecule has 0 fully saturated rings. The van der Waals surface area contributed by atoms with Gasteiger partial charge in [0.1, 0.15) is 5.82 Å². The highest BCUT2D eigenvalue weighted by molar-refractivity contribution is 5.92. The van der Waals surface area contributed by atoms with Crippen molar-refractivity contribution < 1.29 is 14.0 Å². The number of nitrogens with zero attached hydrogens (tertiary/aromatic N) is 3. The van der Waals surface area contributed by atoms with Crippen LogP contribution in [0, 0.1) is 5.82 Å². The van der Waals surface area contributed by atoms with Gasteiger partial charge in [0.25, 0.3) is 0 Å². The van der Waals surface area contributed by atoms with E-state index in [0.717, 1.165) is 5.56 Å². The predicted molar refractivity (Wildman–Crippen MR) is 89.1 cm³/mol. The van der Waals surface area contributed by atoms with Gasteiger partial charge in [0, 0.05) is 25.6 Å². The van der Waals surface area contributed by atoms with Gasteiger partial charge in [-0.3, -0.25) is 19.3 Å². The van der Waals surface area contributed by atoms with E-state index in [-0.39, 0.29) is 37.0 Å². The van der Waals surface area contributed by atoms with Gasteiger partial charge in [0.05, 0.1) is 0 Å². The number of aromatic nitrogens is 3. The lowest BCUT2D eigenvalue weighted by Gasteiger charge is -2.06. The molecule has 8 heteroatoms. The Bertz CT molecular complexity index is 891. The molecule has 0 aliphatic rings. The van der Waals surface area contributed by atoms with E-state index >= 15 is 0 Å². The summed E-state index contributed by atoms with van der Waals surface area (Å²) in [6.07, 6.45) is 1.81. The summed E-state index contributed by atoms with van der Waals surface area (Å²) in [4.78, 5) is 23.8. The number of rotatable bonds is 6. The predicted octanol–water partition coefficient (Wildman–Crippen LogP) is 1.90. The van der Waals surface area contributed by atoms with Crippen molar-refractivity contribution in [1.29, 1.82) is 0 Å². The Kier molecular flexibility index (Phi) is 4.98. The fraction of sp³-hybridized carbons (Fsp3) is 0.176. The molecular weight excluding hydrogens is 325 g/mol. The molecule has 2 N–H and O–H groups in total. The van der Waals surface area contributed by atoms with E-state index in [2.05, 4.69) is 20.8 Å². The van der Waals surface area contributed by atoms with Crippen LogP contribution >= 0.6 is 0 Å². The van der Waals surface area contributed by atoms with Crippen molar-refractivity contribution in [1.82, 2.24) is 19.9 Å². The number of hydrogen-bond acceptors (Lipinski definition) is 4. The fourth-order valence-corrected chi connectivity index (χ4v) is 2.23. The standard InChI is InChI=1S/C17H16FN5O2/c18-13-6-4-12(5-7-13)11-19-15(24)8-9-16(25)20-17-22-21-14-3-1-2-10-23(14)17/h1-7,10H,8-9,11H2,(H,19,24)(H,20,22,25). The number of fused-ring (bicyclic) bond motifs is 1. The highest BCUT2D eigenvalue weighted by atomic mass is 19.1. The summed E-state index contributed by atoms with van der Waals surface area (Å²) in [5.41, 5.74) is 1.41. The van der Waals surface area contributed by atoms with Crippen LogP contribution in [0.2, 0.25) is 0 Å². The number of hydrogen-bond donors (Lipinski definition) is 2. The average molecular weight is 341 g/mol. The van der Waals surface area contributed by atoms with Gasteiger partial charge >= 0.3 is 0 Å². The van der Waals surface area contributed by atoms with E-state index in [4.69, 9.17) is 0 Å². The molecule has 0 aliphatic heterocycles. The van der Waals surface area contributed by atoms with Crippen LogP contribution in [0.1, 0.15) is 18.4 Å². The summed E-state index contributed by atoms with van der Waals surface area (Å²) < 4.78 is 14.5. The maximum Gasteiger partial charge on any atom is 0.235 e. The molecule has 0 saturated carbocycles. The van der Waals surface area contributed by atoms with Crippen LogP contribution in [-0.4, -0.2) is 26.4 Å². The smallest absolute Gasteiger partial charge is 0.235 e. The number of carbonyl (C=O) groups excluding carboxylic acids is 2. The molecule has 3 aromatic rings. The maximum absolute atomic E-state index is 12.8. The van der Waals surface area contributed by atoms with E-state index in [1.165, 1.54) is 12.1 Å². The molecule has 0 radical (unpaired) electrons. The minimum atomic E-state index is -0.326. The second-order valence-corrected chi connectivity index (χ2v) is 5.40. The molecule has 1 aromatic carbocycles. The van der Waals surface area contributed by atoms with Gasteiger partial charge in [-0.2, -0.15) is 0 Å². The van der Waals surface area contributed by atoms with Gasteiger partial charge in [-0.1, -0.05) is 18.2 Å². The Morgan fingerprint density at radius 2 is 1.76 bits per heavy atom. The first-order valence-corrected chi connectivity index (χ1v) is 7.72. The molecule has 2 amide bonds. The molecule has 0 spiro atoms. The second-order valence-electron chi connectivity index (χ2n) is 5.40. The van der Waals surface area contributed by atoms with Crippen LogP contribution in [0.3, 0.4) is 0 Å². The normalized spacial score (nSPS) is 10.6. The molecule has 0 aliphatic carbocycles. The number of benzene rings is 1.